The summed E-state index contributed by atoms with van der Waals surface area (Å²) in [5.41, 5.74) is 0. The zero-order chi connectivity index (χ0) is 11.4. The van der Waals surface area contributed by atoms with Gasteiger partial charge in [0.1, 0.15) is 0 Å². The average molecular weight is 211 g/mol. The highest BCUT2D eigenvalue weighted by atomic mass is 15.2. The molecule has 0 radical (unpaired) electrons. The Morgan fingerprint density at radius 3 is 1.87 bits per heavy atom. The van der Waals surface area contributed by atoms with Crippen molar-refractivity contribution >= 4 is 0 Å². The zero-order valence-corrected chi connectivity index (χ0v) is 11.3. The summed E-state index contributed by atoms with van der Waals surface area (Å²) < 4.78 is 0. The number of nitrogens with zero attached hydrogens (tertiary/aromatic N) is 1. The molecule has 15 heavy (non-hydrogen) atoms. The molecule has 1 fully saturated rings. The summed E-state index contributed by atoms with van der Waals surface area (Å²) in [6.45, 7) is 14.6. The molecule has 0 aromatic carbocycles. The highest BCUT2D eigenvalue weighted by Crippen LogP contribution is 2.25. The standard InChI is InChI=1S/C14H29N/c1-11(2)12(3)10-13(4)14(5)15-8-6-7-9-15/h11-14H,6-10H2,1-5H3. The fourth-order valence-electron chi connectivity index (χ4n) is 2.56. The van der Waals surface area contributed by atoms with E-state index in [0.29, 0.717) is 0 Å². The molecule has 1 rings (SSSR count). The molecule has 0 spiro atoms. The second-order valence-electron chi connectivity index (χ2n) is 5.92. The van der Waals surface area contributed by atoms with Gasteiger partial charge in [0, 0.05) is 6.04 Å². The van der Waals surface area contributed by atoms with Crippen molar-refractivity contribution in [3.63, 3.8) is 0 Å². The van der Waals surface area contributed by atoms with Gasteiger partial charge >= 0.3 is 0 Å². The Morgan fingerprint density at radius 2 is 1.40 bits per heavy atom. The second kappa shape index (κ2) is 5.89. The summed E-state index contributed by atoms with van der Waals surface area (Å²) in [4.78, 5) is 2.68. The summed E-state index contributed by atoms with van der Waals surface area (Å²) in [6.07, 6.45) is 4.21. The topological polar surface area (TPSA) is 3.24 Å². The second-order valence-corrected chi connectivity index (χ2v) is 5.92. The summed E-state index contributed by atoms with van der Waals surface area (Å²) in [7, 11) is 0. The average Bonchev–Trinajstić information content (AvgIpc) is 2.68. The molecule has 1 heterocycles. The van der Waals surface area contributed by atoms with Gasteiger partial charge in [0.2, 0.25) is 0 Å². The minimum atomic E-state index is 0.786. The lowest BCUT2D eigenvalue weighted by Crippen LogP contribution is -2.36. The number of likely N-dealkylation sites (tertiary alicyclic amines) is 1. The van der Waals surface area contributed by atoms with Gasteiger partial charge in [-0.2, -0.15) is 0 Å². The lowest BCUT2D eigenvalue weighted by molar-refractivity contribution is 0.170. The van der Waals surface area contributed by atoms with Crippen molar-refractivity contribution < 1.29 is 0 Å². The minimum Gasteiger partial charge on any atom is -0.300 e. The van der Waals surface area contributed by atoms with E-state index in [0.717, 1.165) is 23.8 Å². The normalized spacial score (nSPS) is 24.4. The number of hydrogen-bond donors (Lipinski definition) is 0. The van der Waals surface area contributed by atoms with Crippen molar-refractivity contribution in [3.8, 4) is 0 Å². The van der Waals surface area contributed by atoms with Gasteiger partial charge < -0.3 is 4.90 Å². The Balaban J connectivity index is 2.34. The maximum Gasteiger partial charge on any atom is 0.00926 e. The van der Waals surface area contributed by atoms with Crippen LogP contribution in [0.3, 0.4) is 0 Å². The summed E-state index contributed by atoms with van der Waals surface area (Å²) in [5, 5.41) is 0. The molecule has 0 saturated carbocycles. The van der Waals surface area contributed by atoms with Gasteiger partial charge in [-0.05, 0) is 57.0 Å². The molecule has 90 valence electrons. The zero-order valence-electron chi connectivity index (χ0n) is 11.3. The maximum atomic E-state index is 2.68. The van der Waals surface area contributed by atoms with E-state index in [1.54, 1.807) is 0 Å². The molecule has 1 aliphatic rings. The lowest BCUT2D eigenvalue weighted by Gasteiger charge is -2.31. The third kappa shape index (κ3) is 3.79. The van der Waals surface area contributed by atoms with Crippen LogP contribution in [0.1, 0.15) is 53.9 Å². The third-order valence-corrected chi connectivity index (χ3v) is 4.42. The van der Waals surface area contributed by atoms with Gasteiger partial charge in [-0.1, -0.05) is 27.7 Å². The van der Waals surface area contributed by atoms with Gasteiger partial charge in [0.25, 0.3) is 0 Å². The fraction of sp³-hybridized carbons (Fsp3) is 1.00. The summed E-state index contributed by atoms with van der Waals surface area (Å²) >= 11 is 0. The molecule has 1 heteroatoms. The monoisotopic (exact) mass is 211 g/mol. The lowest BCUT2D eigenvalue weighted by atomic mass is 9.85. The predicted octanol–water partition coefficient (Wildman–Crippen LogP) is 3.79. The van der Waals surface area contributed by atoms with Gasteiger partial charge in [-0.3, -0.25) is 0 Å². The van der Waals surface area contributed by atoms with Crippen molar-refractivity contribution in [1.82, 2.24) is 4.90 Å². The van der Waals surface area contributed by atoms with Crippen LogP contribution in [0.15, 0.2) is 0 Å². The first-order valence-corrected chi connectivity index (χ1v) is 6.76. The van der Waals surface area contributed by atoms with Crippen LogP contribution in [0.5, 0.6) is 0 Å². The first-order chi connectivity index (χ1) is 7.02. The Morgan fingerprint density at radius 1 is 0.867 bits per heavy atom. The molecule has 0 aliphatic carbocycles. The quantitative estimate of drug-likeness (QED) is 0.669. The molecule has 3 atom stereocenters. The van der Waals surface area contributed by atoms with Crippen LogP contribution in [0.2, 0.25) is 0 Å². The van der Waals surface area contributed by atoms with Crippen molar-refractivity contribution in [2.75, 3.05) is 13.1 Å². The molecular formula is C14H29N. The maximum absolute atomic E-state index is 2.68. The van der Waals surface area contributed by atoms with Gasteiger partial charge in [-0.15, -0.1) is 0 Å². The molecule has 0 N–H and O–H groups in total. The molecule has 0 amide bonds. The Kier molecular flexibility index (Phi) is 5.11. The van der Waals surface area contributed by atoms with E-state index in [1.165, 1.54) is 32.4 Å². The molecule has 0 aromatic heterocycles. The van der Waals surface area contributed by atoms with Crippen LogP contribution in [-0.4, -0.2) is 24.0 Å². The fourth-order valence-corrected chi connectivity index (χ4v) is 2.56. The minimum absolute atomic E-state index is 0.786. The van der Waals surface area contributed by atoms with Crippen LogP contribution in [0, 0.1) is 17.8 Å². The molecule has 0 bridgehead atoms. The molecule has 1 saturated heterocycles. The highest BCUT2D eigenvalue weighted by Gasteiger charge is 2.24. The third-order valence-electron chi connectivity index (χ3n) is 4.42. The predicted molar refractivity (Wildman–Crippen MR) is 68.1 cm³/mol. The van der Waals surface area contributed by atoms with Crippen LogP contribution < -0.4 is 0 Å². The molecular weight excluding hydrogens is 182 g/mol. The molecule has 0 aromatic rings. The Bertz CT molecular complexity index is 170. The van der Waals surface area contributed by atoms with Crippen molar-refractivity contribution in [3.05, 3.63) is 0 Å². The van der Waals surface area contributed by atoms with Crippen LogP contribution >= 0.6 is 0 Å². The SMILES string of the molecule is CC(C)C(C)CC(C)C(C)N1CCCC1. The largest absolute Gasteiger partial charge is 0.300 e. The summed E-state index contributed by atoms with van der Waals surface area (Å²) in [5.74, 6) is 2.55. The first-order valence-electron chi connectivity index (χ1n) is 6.76. The van der Waals surface area contributed by atoms with Gasteiger partial charge in [-0.25, -0.2) is 0 Å². The van der Waals surface area contributed by atoms with Crippen LogP contribution in [0.25, 0.3) is 0 Å². The van der Waals surface area contributed by atoms with E-state index in [-0.39, 0.29) is 0 Å². The molecule has 1 aliphatic heterocycles. The van der Waals surface area contributed by atoms with Crippen molar-refractivity contribution in [1.29, 1.82) is 0 Å². The van der Waals surface area contributed by atoms with Gasteiger partial charge in [0.05, 0.1) is 0 Å². The Hall–Kier alpha value is -0.0400. The number of hydrogen-bond acceptors (Lipinski definition) is 1. The van der Waals surface area contributed by atoms with Crippen LogP contribution in [0.4, 0.5) is 0 Å². The van der Waals surface area contributed by atoms with E-state index in [4.69, 9.17) is 0 Å². The van der Waals surface area contributed by atoms with Crippen LogP contribution in [-0.2, 0) is 0 Å². The number of rotatable bonds is 5. The van der Waals surface area contributed by atoms with Gasteiger partial charge in [0.15, 0.2) is 0 Å². The van der Waals surface area contributed by atoms with E-state index < -0.39 is 0 Å². The van der Waals surface area contributed by atoms with Crippen molar-refractivity contribution in [2.45, 2.75) is 59.9 Å². The highest BCUT2D eigenvalue weighted by molar-refractivity contribution is 4.78. The van der Waals surface area contributed by atoms with Crippen molar-refractivity contribution in [2.24, 2.45) is 17.8 Å². The molecule has 3 unspecified atom stereocenters. The van der Waals surface area contributed by atoms with E-state index in [9.17, 15) is 0 Å². The Labute approximate surface area is 96.2 Å². The first kappa shape index (κ1) is 13.0. The van der Waals surface area contributed by atoms with E-state index in [1.807, 2.05) is 0 Å². The smallest absolute Gasteiger partial charge is 0.00926 e. The van der Waals surface area contributed by atoms with E-state index >= 15 is 0 Å². The van der Waals surface area contributed by atoms with E-state index in [2.05, 4.69) is 39.5 Å². The molecule has 1 nitrogen and oxygen atoms in total. The summed E-state index contributed by atoms with van der Waals surface area (Å²) in [6, 6.07) is 0.786.